The van der Waals surface area contributed by atoms with Crippen molar-refractivity contribution in [3.05, 3.63) is 12.2 Å². The van der Waals surface area contributed by atoms with Crippen molar-refractivity contribution in [2.24, 2.45) is 4.99 Å². The second-order valence-electron chi connectivity index (χ2n) is 6.65. The highest BCUT2D eigenvalue weighted by Gasteiger charge is 2.41. The number of hydrogen-bond donors (Lipinski definition) is 1. The highest BCUT2D eigenvalue weighted by molar-refractivity contribution is 5.60. The van der Waals surface area contributed by atoms with Gasteiger partial charge in [-0.25, -0.2) is 4.99 Å². The van der Waals surface area contributed by atoms with E-state index in [1.165, 1.54) is 51.4 Å². The van der Waals surface area contributed by atoms with E-state index < -0.39 is 0 Å². The molecule has 1 N–H and O–H groups in total. The summed E-state index contributed by atoms with van der Waals surface area (Å²) >= 11 is 0. The average Bonchev–Trinajstić information content (AvgIpc) is 2.93. The Morgan fingerprint density at radius 2 is 1.82 bits per heavy atom. The van der Waals surface area contributed by atoms with Crippen molar-refractivity contribution in [3.8, 4) is 0 Å². The molecule has 3 unspecified atom stereocenters. The van der Waals surface area contributed by atoms with Gasteiger partial charge in [-0.05, 0) is 39.0 Å². The first kappa shape index (κ1) is 19.4. The molecule has 0 saturated carbocycles. The van der Waals surface area contributed by atoms with E-state index in [2.05, 4.69) is 31.0 Å². The number of hydrogen-bond acceptors (Lipinski definition) is 2. The summed E-state index contributed by atoms with van der Waals surface area (Å²) in [5, 5.41) is 10.1. The third-order valence-corrected chi connectivity index (χ3v) is 5.10. The molecule has 1 rings (SSSR count). The SMILES string of the molecule is CCCCC/C=C/CCCCCC1N=CC[N+]1(CC)C(C)O. The monoisotopic (exact) mass is 309 g/mol. The van der Waals surface area contributed by atoms with Crippen LogP contribution in [0.2, 0.25) is 0 Å². The number of unbranched alkanes of at least 4 members (excludes halogenated alkanes) is 6. The van der Waals surface area contributed by atoms with Crippen LogP contribution in [0, 0.1) is 0 Å². The van der Waals surface area contributed by atoms with Gasteiger partial charge in [0.15, 0.2) is 12.4 Å². The molecule has 0 spiro atoms. The Labute approximate surface area is 137 Å². The minimum atomic E-state index is -0.316. The van der Waals surface area contributed by atoms with Crippen LogP contribution in [0.1, 0.15) is 78.6 Å². The Kier molecular flexibility index (Phi) is 9.65. The van der Waals surface area contributed by atoms with Crippen LogP contribution in [-0.2, 0) is 0 Å². The third kappa shape index (κ3) is 5.85. The first-order chi connectivity index (χ1) is 10.7. The zero-order valence-corrected chi connectivity index (χ0v) is 15.0. The number of aliphatic hydroxyl groups excluding tert-OH is 1. The summed E-state index contributed by atoms with van der Waals surface area (Å²) < 4.78 is 0.733. The summed E-state index contributed by atoms with van der Waals surface area (Å²) in [6, 6.07) is 0. The maximum Gasteiger partial charge on any atom is 0.189 e. The van der Waals surface area contributed by atoms with Gasteiger partial charge >= 0.3 is 0 Å². The number of aliphatic imine (C=N–C) groups is 1. The van der Waals surface area contributed by atoms with Gasteiger partial charge in [0.05, 0.1) is 12.8 Å². The summed E-state index contributed by atoms with van der Waals surface area (Å²) in [6.07, 6.45) is 18.0. The van der Waals surface area contributed by atoms with Crippen molar-refractivity contribution < 1.29 is 9.59 Å². The van der Waals surface area contributed by atoms with Crippen molar-refractivity contribution in [3.63, 3.8) is 0 Å². The maximum absolute atomic E-state index is 10.1. The summed E-state index contributed by atoms with van der Waals surface area (Å²) in [5.41, 5.74) is 0. The molecule has 1 aliphatic rings. The van der Waals surface area contributed by atoms with Crippen LogP contribution in [0.25, 0.3) is 0 Å². The number of aliphatic hydroxyl groups is 1. The molecule has 3 nitrogen and oxygen atoms in total. The van der Waals surface area contributed by atoms with Gasteiger partial charge in [-0.3, -0.25) is 4.48 Å². The van der Waals surface area contributed by atoms with Gasteiger partial charge < -0.3 is 5.11 Å². The van der Waals surface area contributed by atoms with E-state index in [0.29, 0.717) is 0 Å². The molecular formula is C19H37N2O+. The van der Waals surface area contributed by atoms with Crippen molar-refractivity contribution >= 4 is 6.21 Å². The van der Waals surface area contributed by atoms with E-state index in [4.69, 9.17) is 0 Å². The largest absolute Gasteiger partial charge is 0.345 e. The molecule has 0 aromatic rings. The number of rotatable bonds is 12. The molecule has 3 heteroatoms. The summed E-state index contributed by atoms with van der Waals surface area (Å²) in [4.78, 5) is 4.63. The van der Waals surface area contributed by atoms with Crippen LogP contribution in [0.4, 0.5) is 0 Å². The minimum Gasteiger partial charge on any atom is -0.345 e. The Morgan fingerprint density at radius 3 is 2.41 bits per heavy atom. The van der Waals surface area contributed by atoms with E-state index in [9.17, 15) is 5.11 Å². The second-order valence-corrected chi connectivity index (χ2v) is 6.65. The van der Waals surface area contributed by atoms with Gasteiger partial charge in [-0.1, -0.05) is 38.3 Å². The van der Waals surface area contributed by atoms with Gasteiger partial charge in [-0.2, -0.15) is 0 Å². The Bertz CT molecular complexity index is 338. The highest BCUT2D eigenvalue weighted by atomic mass is 16.3. The van der Waals surface area contributed by atoms with Crippen molar-refractivity contribution in [1.82, 2.24) is 0 Å². The van der Waals surface area contributed by atoms with Gasteiger partial charge in [-0.15, -0.1) is 0 Å². The lowest BCUT2D eigenvalue weighted by Crippen LogP contribution is -2.57. The normalized spacial score (nSPS) is 26.1. The lowest BCUT2D eigenvalue weighted by atomic mass is 10.1. The zero-order valence-electron chi connectivity index (χ0n) is 15.0. The summed E-state index contributed by atoms with van der Waals surface area (Å²) in [5.74, 6) is 0. The molecule has 0 saturated heterocycles. The van der Waals surface area contributed by atoms with E-state index in [0.717, 1.165) is 24.0 Å². The van der Waals surface area contributed by atoms with E-state index >= 15 is 0 Å². The molecule has 0 aliphatic carbocycles. The summed E-state index contributed by atoms with van der Waals surface area (Å²) in [7, 11) is 0. The predicted molar refractivity (Wildman–Crippen MR) is 96.0 cm³/mol. The smallest absolute Gasteiger partial charge is 0.189 e. The average molecular weight is 310 g/mol. The molecule has 0 fully saturated rings. The van der Waals surface area contributed by atoms with E-state index in [-0.39, 0.29) is 12.4 Å². The lowest BCUT2D eigenvalue weighted by Gasteiger charge is -2.40. The van der Waals surface area contributed by atoms with Crippen LogP contribution in [0.5, 0.6) is 0 Å². The van der Waals surface area contributed by atoms with Gasteiger partial charge in [0, 0.05) is 13.3 Å². The number of allylic oxidation sites excluding steroid dienone is 2. The fraction of sp³-hybridized carbons (Fsp3) is 0.842. The molecule has 1 aliphatic heterocycles. The molecule has 0 aromatic carbocycles. The van der Waals surface area contributed by atoms with Crippen molar-refractivity contribution in [1.29, 1.82) is 0 Å². The maximum atomic E-state index is 10.1. The predicted octanol–water partition coefficient (Wildman–Crippen LogP) is 4.66. The fourth-order valence-electron chi connectivity index (χ4n) is 3.43. The van der Waals surface area contributed by atoms with Gasteiger partial charge in [0.2, 0.25) is 0 Å². The molecule has 22 heavy (non-hydrogen) atoms. The Balaban J connectivity index is 2.13. The quantitative estimate of drug-likeness (QED) is 0.317. The van der Waals surface area contributed by atoms with Crippen LogP contribution in [-0.4, -0.2) is 41.3 Å². The van der Waals surface area contributed by atoms with E-state index in [1.54, 1.807) is 0 Å². The molecule has 3 atom stereocenters. The van der Waals surface area contributed by atoms with Crippen LogP contribution < -0.4 is 0 Å². The molecule has 1 heterocycles. The first-order valence-electron chi connectivity index (χ1n) is 9.38. The van der Waals surface area contributed by atoms with Gasteiger partial charge in [0.25, 0.3) is 0 Å². The molecular weight excluding hydrogens is 272 g/mol. The standard InChI is InChI=1S/C19H37N2O/c1-4-6-7-8-9-10-11-12-13-14-15-19-20-16-17-21(19,5-2)18(3)22/h9-10,16,18-19,22H,4-8,11-15,17H2,1-3H3/q+1/b10-9+. The lowest BCUT2D eigenvalue weighted by molar-refractivity contribution is -0.976. The topological polar surface area (TPSA) is 32.6 Å². The highest BCUT2D eigenvalue weighted by Crippen LogP contribution is 2.26. The summed E-state index contributed by atoms with van der Waals surface area (Å²) in [6.45, 7) is 8.18. The molecule has 0 radical (unpaired) electrons. The van der Waals surface area contributed by atoms with Gasteiger partial charge in [0.1, 0.15) is 6.54 Å². The first-order valence-corrected chi connectivity index (χ1v) is 9.38. The second kappa shape index (κ2) is 11.0. The molecule has 0 aromatic heterocycles. The fourth-order valence-corrected chi connectivity index (χ4v) is 3.43. The Hall–Kier alpha value is -0.670. The number of quaternary nitrogens is 1. The minimum absolute atomic E-state index is 0.273. The van der Waals surface area contributed by atoms with Crippen LogP contribution in [0.3, 0.4) is 0 Å². The Morgan fingerprint density at radius 1 is 1.14 bits per heavy atom. The molecule has 0 bridgehead atoms. The van der Waals surface area contributed by atoms with Crippen molar-refractivity contribution in [2.45, 2.75) is 91.0 Å². The number of nitrogens with zero attached hydrogens (tertiary/aromatic N) is 2. The third-order valence-electron chi connectivity index (χ3n) is 5.10. The molecule has 0 amide bonds. The van der Waals surface area contributed by atoms with Crippen molar-refractivity contribution in [2.75, 3.05) is 13.1 Å². The van der Waals surface area contributed by atoms with E-state index in [1.807, 2.05) is 13.1 Å². The van der Waals surface area contributed by atoms with Crippen LogP contribution >= 0.6 is 0 Å². The van der Waals surface area contributed by atoms with Crippen LogP contribution in [0.15, 0.2) is 17.1 Å². The molecule has 128 valence electrons. The zero-order chi connectivity index (χ0) is 16.3.